The van der Waals surface area contributed by atoms with Gasteiger partial charge >= 0.3 is 10.4 Å². The van der Waals surface area contributed by atoms with Gasteiger partial charge in [0.1, 0.15) is 41.6 Å². The second-order valence-electron chi connectivity index (χ2n) is 15.0. The Morgan fingerprint density at radius 3 is 2.37 bits per heavy atom. The van der Waals surface area contributed by atoms with Crippen LogP contribution in [0.1, 0.15) is 63.0 Å². The van der Waals surface area contributed by atoms with Gasteiger partial charge in [0.25, 0.3) is 11.8 Å². The van der Waals surface area contributed by atoms with Crippen LogP contribution in [0.5, 0.6) is 28.7 Å². The molecule has 330 valence electrons. The largest absolute Gasteiger partial charge is 0.507 e. The number of benzene rings is 4. The van der Waals surface area contributed by atoms with Crippen LogP contribution < -0.4 is 22.7 Å². The van der Waals surface area contributed by atoms with Crippen molar-refractivity contribution in [1.29, 1.82) is 0 Å². The molecule has 0 radical (unpaired) electrons. The summed E-state index contributed by atoms with van der Waals surface area (Å²) in [6.45, 7) is 2.84. The molecule has 2 aliphatic heterocycles. The molecule has 0 spiro atoms. The number of alkyl halides is 1. The van der Waals surface area contributed by atoms with Crippen molar-refractivity contribution in [2.45, 2.75) is 56.9 Å². The molecule has 6 N–H and O–H groups in total. The first kappa shape index (κ1) is 44.4. The standard InChI is InChI=1S/C42H44ClN3O15S/c1-5-10-45(3)40(53)21-6-9-32(58-42-39(52)38(51)37(50)35(19-47)59-42)34(13-21)61-62(55,56)60-33-16-30-36(27-14-24(57-4)7-8-25(27)33)23(17-43)18-46(30)41(54)29-12-22-11-26(20(2)48)31(49)15-28(22)44-29/h6-9,11-16,23,35,37-39,42,44,47,49-52H,5,10,17-19H2,1-4H3/t23-,35-,37+,38+,39-,42-/m1/s1. The summed E-state index contributed by atoms with van der Waals surface area (Å²) in [6, 6.07) is 14.0. The highest BCUT2D eigenvalue weighted by Crippen LogP contribution is 2.47. The van der Waals surface area contributed by atoms with E-state index in [1.54, 1.807) is 25.2 Å². The van der Waals surface area contributed by atoms with Gasteiger partial charge in [-0.05, 0) is 72.8 Å². The summed E-state index contributed by atoms with van der Waals surface area (Å²) >= 11 is 6.50. The highest BCUT2D eigenvalue weighted by atomic mass is 35.5. The number of phenols is 1. The molecule has 1 aromatic heterocycles. The third-order valence-electron chi connectivity index (χ3n) is 10.8. The first-order valence-electron chi connectivity index (χ1n) is 19.4. The number of phenolic OH excluding ortho intramolecular Hbond substituents is 1. The fraction of sp³-hybridized carbons (Fsp3) is 0.357. The number of amides is 2. The third-order valence-corrected chi connectivity index (χ3v) is 11.9. The average Bonchev–Trinajstić information content (AvgIpc) is 3.84. The van der Waals surface area contributed by atoms with Gasteiger partial charge < -0.3 is 62.9 Å². The van der Waals surface area contributed by atoms with E-state index in [4.69, 9.17) is 34.2 Å². The number of ether oxygens (including phenoxy) is 3. The number of halogens is 1. The summed E-state index contributed by atoms with van der Waals surface area (Å²) in [5.74, 6) is -2.95. The van der Waals surface area contributed by atoms with Crippen molar-refractivity contribution in [2.75, 3.05) is 44.6 Å². The lowest BCUT2D eigenvalue weighted by molar-refractivity contribution is -0.277. The number of aromatic nitrogens is 1. The molecular formula is C42H44ClN3O15S. The van der Waals surface area contributed by atoms with E-state index in [2.05, 4.69) is 4.98 Å². The molecule has 18 nitrogen and oxygen atoms in total. The van der Waals surface area contributed by atoms with E-state index < -0.39 is 76.9 Å². The van der Waals surface area contributed by atoms with Gasteiger partial charge in [0.2, 0.25) is 6.29 Å². The number of rotatable bonds is 14. The van der Waals surface area contributed by atoms with Crippen LogP contribution in [0.15, 0.2) is 60.7 Å². The summed E-state index contributed by atoms with van der Waals surface area (Å²) in [5.41, 5.74) is 1.38. The number of nitrogens with one attached hydrogen (secondary N) is 1. The van der Waals surface area contributed by atoms with Gasteiger partial charge in [0, 0.05) is 65.9 Å². The number of H-pyrrole nitrogens is 1. The Morgan fingerprint density at radius 2 is 1.69 bits per heavy atom. The van der Waals surface area contributed by atoms with Crippen LogP contribution >= 0.6 is 11.6 Å². The van der Waals surface area contributed by atoms with Gasteiger partial charge in [-0.3, -0.25) is 14.4 Å². The SMILES string of the molecule is CCCN(C)C(=O)c1ccc(O[C@@H]2O[C@H](CO)[C@H](O)[C@H](O)[C@H]2O)c(OS(=O)(=O)Oc2cc3c(c4cc(OC)ccc24)[C@H](CCl)CN3C(=O)c2cc3cc(C(C)=O)c(O)cc3[nH]2)c1. The number of methoxy groups -OCH3 is 1. The van der Waals surface area contributed by atoms with Crippen LogP contribution in [0.25, 0.3) is 21.7 Å². The average molecular weight is 898 g/mol. The molecule has 62 heavy (non-hydrogen) atoms. The Hall–Kier alpha value is -5.67. The van der Waals surface area contributed by atoms with Crippen molar-refractivity contribution >= 4 is 67.0 Å². The molecule has 7 rings (SSSR count). The maximum atomic E-state index is 14.3. The topological polar surface area (TPSA) is 255 Å². The summed E-state index contributed by atoms with van der Waals surface area (Å²) in [4.78, 5) is 45.5. The van der Waals surface area contributed by atoms with E-state index in [0.717, 1.165) is 6.07 Å². The van der Waals surface area contributed by atoms with Crippen molar-refractivity contribution in [3.8, 4) is 28.7 Å². The lowest BCUT2D eigenvalue weighted by Gasteiger charge is -2.39. The van der Waals surface area contributed by atoms with Gasteiger partial charge in [-0.15, -0.1) is 20.0 Å². The molecule has 2 amide bonds. The Labute approximate surface area is 360 Å². The number of aromatic amines is 1. The molecule has 0 aliphatic carbocycles. The van der Waals surface area contributed by atoms with Gasteiger partial charge in [-0.1, -0.05) is 6.92 Å². The number of carbonyl (C=O) groups excluding carboxylic acids is 3. The molecule has 0 unspecified atom stereocenters. The number of anilines is 1. The Morgan fingerprint density at radius 1 is 0.952 bits per heavy atom. The second-order valence-corrected chi connectivity index (χ2v) is 16.4. The van der Waals surface area contributed by atoms with Crippen molar-refractivity contribution in [3.05, 3.63) is 83.0 Å². The maximum absolute atomic E-state index is 14.3. The summed E-state index contributed by atoms with van der Waals surface area (Å²) in [7, 11) is -2.20. The minimum atomic E-state index is -5.19. The number of hydrogen-bond acceptors (Lipinski definition) is 15. The smallest absolute Gasteiger partial charge is 0.501 e. The molecule has 6 atom stereocenters. The number of aliphatic hydroxyl groups is 4. The first-order valence-corrected chi connectivity index (χ1v) is 21.3. The zero-order chi connectivity index (χ0) is 44.8. The van der Waals surface area contributed by atoms with Gasteiger partial charge in [0.15, 0.2) is 23.0 Å². The lowest BCUT2D eigenvalue weighted by Crippen LogP contribution is -2.60. The molecule has 2 aliphatic rings. The molecule has 1 fully saturated rings. The zero-order valence-electron chi connectivity index (χ0n) is 33.8. The lowest BCUT2D eigenvalue weighted by atomic mass is 9.95. The maximum Gasteiger partial charge on any atom is 0.501 e. The van der Waals surface area contributed by atoms with E-state index in [1.165, 1.54) is 60.2 Å². The Kier molecular flexibility index (Phi) is 12.6. The van der Waals surface area contributed by atoms with Gasteiger partial charge in [-0.25, -0.2) is 0 Å². The zero-order valence-corrected chi connectivity index (χ0v) is 35.3. The Bertz CT molecular complexity index is 2670. The normalized spacial score (nSPS) is 21.1. The van der Waals surface area contributed by atoms with Gasteiger partial charge in [-0.2, -0.15) is 0 Å². The number of ketones is 1. The van der Waals surface area contributed by atoms with E-state index in [1.807, 2.05) is 6.92 Å². The molecule has 5 aromatic rings. The molecule has 20 heteroatoms. The van der Waals surface area contributed by atoms with Crippen LogP contribution in [-0.2, 0) is 15.1 Å². The highest BCUT2D eigenvalue weighted by molar-refractivity contribution is 7.82. The summed E-state index contributed by atoms with van der Waals surface area (Å²) in [6.07, 6.45) is -7.91. The van der Waals surface area contributed by atoms with E-state index in [9.17, 15) is 48.3 Å². The Balaban J connectivity index is 1.28. The number of fused-ring (bicyclic) bond motifs is 4. The predicted octanol–water partition coefficient (Wildman–Crippen LogP) is 3.58. The van der Waals surface area contributed by atoms with E-state index in [-0.39, 0.29) is 57.6 Å². The van der Waals surface area contributed by atoms with Crippen LogP contribution in [-0.4, -0.2) is 132 Å². The number of aliphatic hydroxyl groups excluding tert-OH is 4. The van der Waals surface area contributed by atoms with Crippen LogP contribution in [0, 0.1) is 0 Å². The number of aromatic hydroxyl groups is 1. The first-order chi connectivity index (χ1) is 29.5. The van der Waals surface area contributed by atoms with Crippen molar-refractivity contribution in [1.82, 2.24) is 9.88 Å². The molecular weight excluding hydrogens is 854 g/mol. The minimum absolute atomic E-state index is 0.0200. The second kappa shape index (κ2) is 17.6. The van der Waals surface area contributed by atoms with Crippen molar-refractivity contribution < 1.29 is 70.9 Å². The predicted molar refractivity (Wildman–Crippen MR) is 224 cm³/mol. The molecule has 4 aromatic carbocycles. The fourth-order valence-electron chi connectivity index (χ4n) is 7.65. The molecule has 0 saturated carbocycles. The van der Waals surface area contributed by atoms with Crippen LogP contribution in [0.2, 0.25) is 0 Å². The van der Waals surface area contributed by atoms with Crippen molar-refractivity contribution in [2.24, 2.45) is 0 Å². The van der Waals surface area contributed by atoms with E-state index >= 15 is 0 Å². The third kappa shape index (κ3) is 8.44. The quantitative estimate of drug-likeness (QED) is 0.0688. The van der Waals surface area contributed by atoms with Crippen LogP contribution in [0.4, 0.5) is 5.69 Å². The van der Waals surface area contributed by atoms with Crippen molar-refractivity contribution in [3.63, 3.8) is 0 Å². The number of hydrogen-bond donors (Lipinski definition) is 6. The number of Topliss-reactive ketones (excluding diaryl/α,β-unsaturated/α-hetero) is 1. The molecule has 1 saturated heterocycles. The fourth-order valence-corrected chi connectivity index (χ4v) is 8.65. The van der Waals surface area contributed by atoms with Gasteiger partial charge in [0.05, 0.1) is 25.0 Å². The minimum Gasteiger partial charge on any atom is -0.507 e. The summed E-state index contributed by atoms with van der Waals surface area (Å²) in [5, 5.41) is 52.6. The summed E-state index contributed by atoms with van der Waals surface area (Å²) < 4.78 is 56.0. The monoisotopic (exact) mass is 897 g/mol. The number of carbonyl (C=O) groups is 3. The number of nitrogens with zero attached hydrogens (tertiary/aromatic N) is 2. The van der Waals surface area contributed by atoms with E-state index in [0.29, 0.717) is 40.6 Å². The molecule has 0 bridgehead atoms. The highest BCUT2D eigenvalue weighted by Gasteiger charge is 2.45. The molecule has 3 heterocycles. The van der Waals surface area contributed by atoms with Crippen LogP contribution in [0.3, 0.4) is 0 Å².